The maximum absolute atomic E-state index is 13.8. The van der Waals surface area contributed by atoms with Gasteiger partial charge in [-0.15, -0.1) is 0 Å². The molecule has 3 heterocycles. The highest BCUT2D eigenvalue weighted by Gasteiger charge is 2.22. The fourth-order valence-electron chi connectivity index (χ4n) is 3.58. The summed E-state index contributed by atoms with van der Waals surface area (Å²) in [4.78, 5) is 17.4. The third-order valence-electron chi connectivity index (χ3n) is 5.25. The van der Waals surface area contributed by atoms with Crippen LogP contribution in [0.2, 0.25) is 10.0 Å². The van der Waals surface area contributed by atoms with Crippen LogP contribution in [0.25, 0.3) is 16.9 Å². The van der Waals surface area contributed by atoms with Crippen molar-refractivity contribution in [2.45, 2.75) is 13.0 Å². The minimum Gasteiger partial charge on any atom is -0.305 e. The number of amides is 1. The van der Waals surface area contributed by atoms with Gasteiger partial charge in [-0.2, -0.15) is 10.2 Å². The second-order valence-corrected chi connectivity index (χ2v) is 8.44. The van der Waals surface area contributed by atoms with Gasteiger partial charge in [0, 0.05) is 17.8 Å². The summed E-state index contributed by atoms with van der Waals surface area (Å²) >= 11 is 12.0. The molecule has 0 aliphatic carbocycles. The summed E-state index contributed by atoms with van der Waals surface area (Å²) in [6.45, 7) is 0.406. The molecule has 0 bridgehead atoms. The molecule has 1 N–H and O–H groups in total. The van der Waals surface area contributed by atoms with Crippen LogP contribution in [0.3, 0.4) is 0 Å². The maximum Gasteiger partial charge on any atom is 0.280 e. The number of halogens is 4. The van der Waals surface area contributed by atoms with Crippen molar-refractivity contribution in [2.75, 3.05) is 5.32 Å². The number of fused-ring (bicyclic) bond motifs is 1. The van der Waals surface area contributed by atoms with Gasteiger partial charge < -0.3 is 5.32 Å². The van der Waals surface area contributed by atoms with Crippen LogP contribution in [0.1, 0.15) is 28.0 Å². The second kappa shape index (κ2) is 9.44. The molecule has 0 saturated carbocycles. The van der Waals surface area contributed by atoms with Crippen molar-refractivity contribution in [2.24, 2.45) is 0 Å². The number of hydrogen-bond donors (Lipinski definition) is 1. The quantitative estimate of drug-likeness (QED) is 0.296. The number of aromatic nitrogens is 5. The fourth-order valence-corrected chi connectivity index (χ4v) is 3.90. The average molecular weight is 513 g/mol. The lowest BCUT2D eigenvalue weighted by Gasteiger charge is -2.08. The van der Waals surface area contributed by atoms with E-state index in [1.54, 1.807) is 53.3 Å². The van der Waals surface area contributed by atoms with Crippen molar-refractivity contribution >= 4 is 40.6 Å². The maximum atomic E-state index is 13.8. The Morgan fingerprint density at radius 2 is 1.83 bits per heavy atom. The van der Waals surface area contributed by atoms with Crippen LogP contribution in [0.15, 0.2) is 73.1 Å². The molecular formula is C24H16Cl2F2N6O. The smallest absolute Gasteiger partial charge is 0.280 e. The third kappa shape index (κ3) is 4.73. The Bertz CT molecular complexity index is 1530. The van der Waals surface area contributed by atoms with Gasteiger partial charge in [-0.3, -0.25) is 9.48 Å². The molecule has 5 aromatic rings. The van der Waals surface area contributed by atoms with Gasteiger partial charge in [0.15, 0.2) is 11.5 Å². The van der Waals surface area contributed by atoms with E-state index in [-0.39, 0.29) is 22.7 Å². The lowest BCUT2D eigenvalue weighted by molar-refractivity contribution is 0.102. The number of nitrogens with one attached hydrogen (secondary N) is 1. The number of anilines is 1. The van der Waals surface area contributed by atoms with E-state index in [4.69, 9.17) is 23.2 Å². The Balaban J connectivity index is 1.42. The Kier molecular flexibility index (Phi) is 6.19. The number of carbonyl (C=O) groups excluding carboxylic acids is 1. The molecule has 0 unspecified atom stereocenters. The summed E-state index contributed by atoms with van der Waals surface area (Å²) < 4.78 is 30.1. The van der Waals surface area contributed by atoms with Gasteiger partial charge in [-0.1, -0.05) is 59.6 Å². The van der Waals surface area contributed by atoms with Gasteiger partial charge in [-0.25, -0.2) is 18.3 Å². The van der Waals surface area contributed by atoms with Crippen LogP contribution in [0.4, 0.5) is 14.6 Å². The normalized spacial score (nSPS) is 11.3. The van der Waals surface area contributed by atoms with E-state index < -0.39 is 12.3 Å². The summed E-state index contributed by atoms with van der Waals surface area (Å²) in [6.07, 6.45) is 0.0933. The molecule has 3 aromatic heterocycles. The largest absolute Gasteiger partial charge is 0.305 e. The number of rotatable bonds is 6. The van der Waals surface area contributed by atoms with Crippen LogP contribution in [-0.4, -0.2) is 30.3 Å². The molecule has 7 nitrogen and oxygen atoms in total. The summed E-state index contributed by atoms with van der Waals surface area (Å²) in [5.41, 5.74) is 1.54. The molecule has 0 spiro atoms. The number of carbonyl (C=O) groups is 1. The molecule has 35 heavy (non-hydrogen) atoms. The van der Waals surface area contributed by atoms with Crippen molar-refractivity contribution in [3.63, 3.8) is 0 Å². The summed E-state index contributed by atoms with van der Waals surface area (Å²) in [5, 5.41) is 11.9. The van der Waals surface area contributed by atoms with Crippen LogP contribution in [0, 0.1) is 0 Å². The topological polar surface area (TPSA) is 77.1 Å². The molecule has 0 saturated heterocycles. The first-order chi connectivity index (χ1) is 16.9. The van der Waals surface area contributed by atoms with E-state index in [1.165, 1.54) is 12.3 Å². The third-order valence-corrected chi connectivity index (χ3v) is 5.99. The minimum atomic E-state index is -2.81. The molecule has 0 atom stereocenters. The van der Waals surface area contributed by atoms with E-state index in [0.717, 1.165) is 10.1 Å². The van der Waals surface area contributed by atoms with E-state index >= 15 is 0 Å². The molecule has 0 aliphatic rings. The molecule has 176 valence electrons. The van der Waals surface area contributed by atoms with Crippen LogP contribution < -0.4 is 5.32 Å². The fraction of sp³-hybridized carbons (Fsp3) is 0.0833. The molecule has 11 heteroatoms. The van der Waals surface area contributed by atoms with Crippen LogP contribution in [0.5, 0.6) is 0 Å². The van der Waals surface area contributed by atoms with E-state index in [0.29, 0.717) is 27.8 Å². The van der Waals surface area contributed by atoms with Gasteiger partial charge in [0.1, 0.15) is 11.3 Å². The molecule has 0 aliphatic heterocycles. The monoisotopic (exact) mass is 512 g/mol. The zero-order valence-corrected chi connectivity index (χ0v) is 19.4. The van der Waals surface area contributed by atoms with E-state index in [2.05, 4.69) is 20.5 Å². The van der Waals surface area contributed by atoms with Crippen LogP contribution >= 0.6 is 23.2 Å². The molecule has 0 radical (unpaired) electrons. The zero-order chi connectivity index (χ0) is 24.5. The van der Waals surface area contributed by atoms with Gasteiger partial charge in [0.2, 0.25) is 0 Å². The number of nitrogens with zero attached hydrogens (tertiary/aromatic N) is 5. The molecule has 5 rings (SSSR count). The second-order valence-electron chi connectivity index (χ2n) is 7.63. The predicted molar refractivity (Wildman–Crippen MR) is 129 cm³/mol. The van der Waals surface area contributed by atoms with Crippen molar-refractivity contribution < 1.29 is 13.6 Å². The van der Waals surface area contributed by atoms with Gasteiger partial charge in [0.05, 0.1) is 28.5 Å². The van der Waals surface area contributed by atoms with Crippen molar-refractivity contribution in [3.8, 4) is 11.3 Å². The summed E-state index contributed by atoms with van der Waals surface area (Å²) in [6, 6.07) is 17.0. The highest BCUT2D eigenvalue weighted by Crippen LogP contribution is 2.27. The Hall–Kier alpha value is -3.82. The van der Waals surface area contributed by atoms with Crippen LogP contribution in [-0.2, 0) is 6.54 Å². The van der Waals surface area contributed by atoms with Crippen molar-refractivity contribution in [3.05, 3.63) is 99.9 Å². The first-order valence-electron chi connectivity index (χ1n) is 10.4. The van der Waals surface area contributed by atoms with Gasteiger partial charge >= 0.3 is 0 Å². The lowest BCUT2D eigenvalue weighted by atomic mass is 10.1. The van der Waals surface area contributed by atoms with E-state index in [9.17, 15) is 13.6 Å². The molecular weight excluding hydrogens is 497 g/mol. The van der Waals surface area contributed by atoms with E-state index in [1.807, 2.05) is 12.1 Å². The van der Waals surface area contributed by atoms with Gasteiger partial charge in [-0.05, 0) is 23.8 Å². The molecule has 1 amide bonds. The standard InChI is InChI=1S/C24H16Cl2F2N6O/c25-17-7-6-14(10-18(17)26)13-33-9-8-21(32-33)31-24(35)16-12-29-34-20(22(27)28)11-19(30-23(16)34)15-4-2-1-3-5-15/h1-12,22H,13H2,(H,31,32,35). The highest BCUT2D eigenvalue weighted by molar-refractivity contribution is 6.42. The molecule has 2 aromatic carbocycles. The number of benzene rings is 2. The average Bonchev–Trinajstić information content (AvgIpc) is 3.48. The predicted octanol–water partition coefficient (Wildman–Crippen LogP) is 6.14. The Morgan fingerprint density at radius 3 is 2.57 bits per heavy atom. The first kappa shape index (κ1) is 22.9. The lowest BCUT2D eigenvalue weighted by Crippen LogP contribution is -2.13. The number of hydrogen-bond acceptors (Lipinski definition) is 4. The SMILES string of the molecule is O=C(Nc1ccn(Cc2ccc(Cl)c(Cl)c2)n1)c1cnn2c(C(F)F)cc(-c3ccccc3)nc12. The Morgan fingerprint density at radius 1 is 1.03 bits per heavy atom. The number of alkyl halides is 2. The van der Waals surface area contributed by atoms with Gasteiger partial charge in [0.25, 0.3) is 12.3 Å². The Labute approximate surface area is 207 Å². The molecule has 0 fully saturated rings. The van der Waals surface area contributed by atoms with Crippen molar-refractivity contribution in [1.29, 1.82) is 0 Å². The minimum absolute atomic E-state index is 0.0226. The zero-order valence-electron chi connectivity index (χ0n) is 17.9. The summed E-state index contributed by atoms with van der Waals surface area (Å²) in [5.74, 6) is -0.291. The first-order valence-corrected chi connectivity index (χ1v) is 11.2. The highest BCUT2D eigenvalue weighted by atomic mass is 35.5. The summed E-state index contributed by atoms with van der Waals surface area (Å²) in [7, 11) is 0. The van der Waals surface area contributed by atoms with Crippen molar-refractivity contribution in [1.82, 2.24) is 24.4 Å².